The zero-order valence-corrected chi connectivity index (χ0v) is 11.8. The van der Waals surface area contributed by atoms with E-state index in [-0.39, 0.29) is 14.0 Å². The van der Waals surface area contributed by atoms with Crippen LogP contribution >= 0.6 is 19.5 Å². The molecule has 0 spiro atoms. The van der Waals surface area contributed by atoms with Gasteiger partial charge in [0.25, 0.3) is 0 Å². The van der Waals surface area contributed by atoms with Gasteiger partial charge in [0.2, 0.25) is 0 Å². The average Bonchev–Trinajstić information content (AvgIpc) is 2.46. The predicted octanol–water partition coefficient (Wildman–Crippen LogP) is 3.33. The van der Waals surface area contributed by atoms with Crippen LogP contribution in [0, 0.1) is 0 Å². The van der Waals surface area contributed by atoms with Crippen molar-refractivity contribution >= 4 is 30.1 Å². The summed E-state index contributed by atoms with van der Waals surface area (Å²) in [5, 5.41) is 2.77. The maximum absolute atomic E-state index is 5.56. The number of halogens is 1. The van der Waals surface area contributed by atoms with Crippen molar-refractivity contribution in [2.45, 2.75) is 0 Å². The first-order valence-corrected chi connectivity index (χ1v) is 7.99. The monoisotopic (exact) mass is 278 g/mol. The molecule has 0 atom stereocenters. The molecule has 0 radical (unpaired) electrons. The van der Waals surface area contributed by atoms with Crippen LogP contribution in [0.5, 0.6) is 0 Å². The largest absolute Gasteiger partial charge is 0.365 e. The molecule has 0 aromatic heterocycles. The molecule has 0 bridgehead atoms. The topological polar surface area (TPSA) is 9.23 Å². The van der Waals surface area contributed by atoms with Crippen LogP contribution in [0.2, 0.25) is 0 Å². The lowest BCUT2D eigenvalue weighted by Crippen LogP contribution is -2.16. The SMILES string of the molecule is ClCOCCP(c1ccccc1)c1ccccc1. The van der Waals surface area contributed by atoms with Gasteiger partial charge in [0.15, 0.2) is 0 Å². The fourth-order valence-electron chi connectivity index (χ4n) is 1.83. The van der Waals surface area contributed by atoms with Gasteiger partial charge >= 0.3 is 0 Å². The molecule has 0 fully saturated rings. The lowest BCUT2D eigenvalue weighted by molar-refractivity contribution is 0.197. The minimum absolute atomic E-state index is 0.271. The van der Waals surface area contributed by atoms with Gasteiger partial charge in [-0.1, -0.05) is 72.3 Å². The van der Waals surface area contributed by atoms with E-state index in [1.807, 2.05) is 0 Å². The van der Waals surface area contributed by atoms with Crippen molar-refractivity contribution in [3.8, 4) is 0 Å². The quantitative estimate of drug-likeness (QED) is 0.447. The Morgan fingerprint density at radius 3 is 1.78 bits per heavy atom. The smallest absolute Gasteiger partial charge is 0.120 e. The molecule has 18 heavy (non-hydrogen) atoms. The summed E-state index contributed by atoms with van der Waals surface area (Å²) in [6.45, 7) is 0.707. The summed E-state index contributed by atoms with van der Waals surface area (Å²) >= 11 is 5.56. The summed E-state index contributed by atoms with van der Waals surface area (Å²) in [6.07, 6.45) is 1.01. The molecule has 0 aliphatic carbocycles. The van der Waals surface area contributed by atoms with E-state index in [0.29, 0.717) is 6.61 Å². The van der Waals surface area contributed by atoms with E-state index in [1.54, 1.807) is 0 Å². The summed E-state index contributed by atoms with van der Waals surface area (Å²) in [4.78, 5) is 0. The summed E-state index contributed by atoms with van der Waals surface area (Å²) in [5.41, 5.74) is 0. The minimum Gasteiger partial charge on any atom is -0.365 e. The zero-order chi connectivity index (χ0) is 12.6. The van der Waals surface area contributed by atoms with E-state index in [9.17, 15) is 0 Å². The van der Waals surface area contributed by atoms with Gasteiger partial charge in [-0.25, -0.2) is 0 Å². The lowest BCUT2D eigenvalue weighted by Gasteiger charge is -2.18. The highest BCUT2D eigenvalue weighted by Crippen LogP contribution is 2.32. The number of benzene rings is 2. The third-order valence-corrected chi connectivity index (χ3v) is 5.30. The third kappa shape index (κ3) is 3.81. The van der Waals surface area contributed by atoms with Crippen LogP contribution in [0.4, 0.5) is 0 Å². The Labute approximate surface area is 114 Å². The number of hydrogen-bond donors (Lipinski definition) is 0. The molecule has 2 aromatic rings. The molecular weight excluding hydrogens is 263 g/mol. The van der Waals surface area contributed by atoms with Gasteiger partial charge in [-0.05, 0) is 24.7 Å². The van der Waals surface area contributed by atoms with Crippen LogP contribution in [0.25, 0.3) is 0 Å². The highest BCUT2D eigenvalue weighted by Gasteiger charge is 2.12. The van der Waals surface area contributed by atoms with Gasteiger partial charge in [0.05, 0.1) is 6.61 Å². The first-order valence-electron chi connectivity index (χ1n) is 5.93. The Morgan fingerprint density at radius 1 is 0.833 bits per heavy atom. The molecule has 1 nitrogen and oxygen atoms in total. The molecule has 0 saturated heterocycles. The lowest BCUT2D eigenvalue weighted by atomic mass is 10.4. The van der Waals surface area contributed by atoms with Crippen LogP contribution in [0.15, 0.2) is 60.7 Å². The number of alkyl halides is 1. The van der Waals surface area contributed by atoms with Crippen molar-refractivity contribution in [2.75, 3.05) is 18.8 Å². The van der Waals surface area contributed by atoms with Crippen molar-refractivity contribution < 1.29 is 4.74 Å². The van der Waals surface area contributed by atoms with Gasteiger partial charge in [-0.15, -0.1) is 0 Å². The van der Waals surface area contributed by atoms with Crippen LogP contribution < -0.4 is 10.6 Å². The first kappa shape index (κ1) is 13.5. The van der Waals surface area contributed by atoms with Crippen LogP contribution in [0.3, 0.4) is 0 Å². The second kappa shape index (κ2) is 7.53. The van der Waals surface area contributed by atoms with E-state index in [0.717, 1.165) is 6.16 Å². The second-order valence-corrected chi connectivity index (χ2v) is 6.39. The van der Waals surface area contributed by atoms with Gasteiger partial charge in [0, 0.05) is 0 Å². The predicted molar refractivity (Wildman–Crippen MR) is 80.6 cm³/mol. The van der Waals surface area contributed by atoms with E-state index < -0.39 is 0 Å². The van der Waals surface area contributed by atoms with Crippen molar-refractivity contribution in [2.24, 2.45) is 0 Å². The Kier molecular flexibility index (Phi) is 5.67. The van der Waals surface area contributed by atoms with Crippen molar-refractivity contribution in [1.29, 1.82) is 0 Å². The highest BCUT2D eigenvalue weighted by atomic mass is 35.5. The number of hydrogen-bond acceptors (Lipinski definition) is 1. The Bertz CT molecular complexity index is 407. The molecule has 2 aromatic carbocycles. The molecule has 0 N–H and O–H groups in total. The second-order valence-electron chi connectivity index (χ2n) is 3.84. The number of ether oxygens (including phenoxy) is 1. The summed E-state index contributed by atoms with van der Waals surface area (Å²) < 4.78 is 5.29. The molecule has 0 heterocycles. The maximum atomic E-state index is 5.56. The molecule has 0 aliphatic rings. The standard InChI is InChI=1S/C15H16ClOP/c16-13-17-11-12-18(14-7-3-1-4-8-14)15-9-5-2-6-10-15/h1-10H,11-13H2. The van der Waals surface area contributed by atoms with Crippen molar-refractivity contribution in [3.05, 3.63) is 60.7 Å². The minimum atomic E-state index is -0.346. The van der Waals surface area contributed by atoms with Crippen molar-refractivity contribution in [1.82, 2.24) is 0 Å². The fraction of sp³-hybridized carbons (Fsp3) is 0.200. The first-order chi connectivity index (χ1) is 8.92. The van der Waals surface area contributed by atoms with E-state index in [4.69, 9.17) is 16.3 Å². The summed E-state index contributed by atoms with van der Waals surface area (Å²) in [6, 6.07) is 21.5. The molecule has 0 unspecified atom stereocenters. The number of rotatable bonds is 6. The molecule has 0 saturated carbocycles. The normalized spacial score (nSPS) is 10.8. The van der Waals surface area contributed by atoms with E-state index >= 15 is 0 Å². The van der Waals surface area contributed by atoms with Crippen molar-refractivity contribution in [3.63, 3.8) is 0 Å². The highest BCUT2D eigenvalue weighted by molar-refractivity contribution is 7.73. The van der Waals surface area contributed by atoms with Gasteiger partial charge in [-0.2, -0.15) is 0 Å². The van der Waals surface area contributed by atoms with Gasteiger partial charge < -0.3 is 4.74 Å². The summed E-state index contributed by atoms with van der Waals surface area (Å²) in [7, 11) is -0.346. The Hall–Kier alpha value is -0.880. The van der Waals surface area contributed by atoms with Crippen LogP contribution in [-0.4, -0.2) is 18.8 Å². The Morgan fingerprint density at radius 2 is 1.33 bits per heavy atom. The van der Waals surface area contributed by atoms with Crippen LogP contribution in [0.1, 0.15) is 0 Å². The average molecular weight is 279 g/mol. The third-order valence-electron chi connectivity index (χ3n) is 2.67. The molecular formula is C15H16ClOP. The van der Waals surface area contributed by atoms with E-state index in [1.165, 1.54) is 10.6 Å². The zero-order valence-electron chi connectivity index (χ0n) is 10.1. The van der Waals surface area contributed by atoms with Crippen LogP contribution in [-0.2, 0) is 4.74 Å². The van der Waals surface area contributed by atoms with Gasteiger partial charge in [-0.3, -0.25) is 0 Å². The molecule has 0 amide bonds. The van der Waals surface area contributed by atoms with Gasteiger partial charge in [0.1, 0.15) is 6.07 Å². The molecule has 94 valence electrons. The summed E-state index contributed by atoms with van der Waals surface area (Å²) in [5.74, 6) is 0. The fourth-order valence-corrected chi connectivity index (χ4v) is 4.13. The molecule has 3 heteroatoms. The maximum Gasteiger partial charge on any atom is 0.120 e. The molecule has 2 rings (SSSR count). The molecule has 0 aliphatic heterocycles. The Balaban J connectivity index is 2.18. The van der Waals surface area contributed by atoms with E-state index in [2.05, 4.69) is 60.7 Å².